The summed E-state index contributed by atoms with van der Waals surface area (Å²) < 4.78 is 0.653. The molecule has 0 amide bonds. The molecule has 1 nitrogen and oxygen atoms in total. The standard InChI is InChI=1S/C16H22OS5/c1-11(2)15(17)21-10-18-6-4-5-13-9-20-16(22-13)14-7-12(3)8-19-14/h7-8,13,16H,1,4-6,9-10H2,2-3H3. The second-order valence-electron chi connectivity index (χ2n) is 5.33. The summed E-state index contributed by atoms with van der Waals surface area (Å²) in [5.74, 6) is 2.43. The summed E-state index contributed by atoms with van der Waals surface area (Å²) in [5, 5.41) is 4.03. The van der Waals surface area contributed by atoms with Crippen molar-refractivity contribution in [3.8, 4) is 0 Å². The van der Waals surface area contributed by atoms with Crippen LogP contribution in [0.15, 0.2) is 23.6 Å². The van der Waals surface area contributed by atoms with Crippen molar-refractivity contribution in [3.63, 3.8) is 0 Å². The quantitative estimate of drug-likeness (QED) is 0.297. The summed E-state index contributed by atoms with van der Waals surface area (Å²) in [6.45, 7) is 7.63. The zero-order valence-electron chi connectivity index (χ0n) is 13.0. The van der Waals surface area contributed by atoms with Crippen LogP contribution in [0.3, 0.4) is 0 Å². The Morgan fingerprint density at radius 1 is 1.50 bits per heavy atom. The van der Waals surface area contributed by atoms with Crippen LogP contribution in [0.1, 0.15) is 34.8 Å². The molecule has 0 spiro atoms. The van der Waals surface area contributed by atoms with Gasteiger partial charge in [0.15, 0.2) is 0 Å². The van der Waals surface area contributed by atoms with Gasteiger partial charge in [-0.05, 0) is 55.0 Å². The molecule has 22 heavy (non-hydrogen) atoms. The lowest BCUT2D eigenvalue weighted by molar-refractivity contribution is -0.107. The average Bonchev–Trinajstić information content (AvgIpc) is 3.11. The first-order valence-corrected chi connectivity index (χ1v) is 12.3. The first kappa shape index (κ1) is 18.8. The second kappa shape index (κ2) is 9.72. The van der Waals surface area contributed by atoms with Crippen molar-refractivity contribution in [1.29, 1.82) is 0 Å². The van der Waals surface area contributed by atoms with Gasteiger partial charge in [-0.2, -0.15) is 11.8 Å². The van der Waals surface area contributed by atoms with Gasteiger partial charge in [0.25, 0.3) is 0 Å². The van der Waals surface area contributed by atoms with Crippen molar-refractivity contribution >= 4 is 63.5 Å². The van der Waals surface area contributed by atoms with Crippen LogP contribution in [0.4, 0.5) is 0 Å². The topological polar surface area (TPSA) is 17.1 Å². The van der Waals surface area contributed by atoms with E-state index in [1.54, 1.807) is 6.92 Å². The largest absolute Gasteiger partial charge is 0.282 e. The number of hydrogen-bond donors (Lipinski definition) is 0. The van der Waals surface area contributed by atoms with Gasteiger partial charge in [0, 0.05) is 21.0 Å². The van der Waals surface area contributed by atoms with Crippen LogP contribution in [0, 0.1) is 6.92 Å². The van der Waals surface area contributed by atoms with Crippen molar-refractivity contribution in [2.24, 2.45) is 0 Å². The Balaban J connectivity index is 1.55. The van der Waals surface area contributed by atoms with Gasteiger partial charge in [-0.15, -0.1) is 34.9 Å². The normalized spacial score (nSPS) is 21.2. The minimum Gasteiger partial charge on any atom is -0.282 e. The molecule has 2 heterocycles. The molecule has 2 unspecified atom stereocenters. The van der Waals surface area contributed by atoms with E-state index in [1.165, 1.54) is 40.8 Å². The predicted octanol–water partition coefficient (Wildman–Crippen LogP) is 6.21. The molecule has 0 saturated carbocycles. The van der Waals surface area contributed by atoms with Gasteiger partial charge in [-0.25, -0.2) is 0 Å². The Morgan fingerprint density at radius 2 is 2.32 bits per heavy atom. The third-order valence-corrected chi connectivity index (χ3v) is 10.3. The molecular formula is C16H22OS5. The maximum atomic E-state index is 11.4. The number of carbonyl (C=O) groups is 1. The van der Waals surface area contributed by atoms with Gasteiger partial charge in [-0.3, -0.25) is 4.79 Å². The van der Waals surface area contributed by atoms with Crippen LogP contribution >= 0.6 is 58.4 Å². The highest BCUT2D eigenvalue weighted by Gasteiger charge is 2.27. The lowest BCUT2D eigenvalue weighted by atomic mass is 10.3. The zero-order chi connectivity index (χ0) is 15.9. The first-order valence-electron chi connectivity index (χ1n) is 7.28. The average molecular weight is 391 g/mol. The Morgan fingerprint density at radius 3 is 3.00 bits per heavy atom. The van der Waals surface area contributed by atoms with Crippen LogP contribution in [-0.4, -0.2) is 27.0 Å². The van der Waals surface area contributed by atoms with E-state index in [0.29, 0.717) is 10.2 Å². The van der Waals surface area contributed by atoms with Crippen molar-refractivity contribution in [2.45, 2.75) is 36.5 Å². The minimum absolute atomic E-state index is 0.129. The number of thioether (sulfide) groups is 4. The molecule has 122 valence electrons. The fourth-order valence-corrected chi connectivity index (χ4v) is 8.54. The highest BCUT2D eigenvalue weighted by Crippen LogP contribution is 2.52. The number of aryl methyl sites for hydroxylation is 1. The van der Waals surface area contributed by atoms with E-state index in [1.807, 2.05) is 23.1 Å². The van der Waals surface area contributed by atoms with Crippen molar-refractivity contribution < 1.29 is 4.79 Å². The van der Waals surface area contributed by atoms with Crippen molar-refractivity contribution in [2.75, 3.05) is 16.6 Å². The summed E-state index contributed by atoms with van der Waals surface area (Å²) in [4.78, 5) is 12.9. The smallest absolute Gasteiger partial charge is 0.215 e. The number of carbonyl (C=O) groups excluding carboxylic acids is 1. The molecule has 2 rings (SSSR count). The van der Waals surface area contributed by atoms with E-state index >= 15 is 0 Å². The fraction of sp³-hybridized carbons (Fsp3) is 0.562. The van der Waals surface area contributed by atoms with Crippen molar-refractivity contribution in [1.82, 2.24) is 0 Å². The van der Waals surface area contributed by atoms with E-state index in [2.05, 4.69) is 48.5 Å². The van der Waals surface area contributed by atoms with Gasteiger partial charge in [-0.1, -0.05) is 18.3 Å². The summed E-state index contributed by atoms with van der Waals surface area (Å²) in [6.07, 6.45) is 2.55. The molecule has 0 aromatic carbocycles. The maximum Gasteiger partial charge on any atom is 0.215 e. The molecule has 0 N–H and O–H groups in total. The number of thiophene rings is 1. The fourth-order valence-electron chi connectivity index (χ4n) is 2.02. The molecule has 1 aromatic heterocycles. The maximum absolute atomic E-state index is 11.4. The summed E-state index contributed by atoms with van der Waals surface area (Å²) >= 11 is 9.40. The molecule has 1 aliphatic rings. The molecule has 0 bridgehead atoms. The highest BCUT2D eigenvalue weighted by atomic mass is 32.2. The predicted molar refractivity (Wildman–Crippen MR) is 110 cm³/mol. The molecule has 1 saturated heterocycles. The minimum atomic E-state index is 0.129. The molecule has 0 radical (unpaired) electrons. The van der Waals surface area contributed by atoms with Crippen molar-refractivity contribution in [3.05, 3.63) is 34.0 Å². The van der Waals surface area contributed by atoms with Crippen LogP contribution in [-0.2, 0) is 4.79 Å². The van der Waals surface area contributed by atoms with Crippen LogP contribution < -0.4 is 0 Å². The highest BCUT2D eigenvalue weighted by molar-refractivity contribution is 8.24. The SMILES string of the molecule is C=C(C)C(=O)SCSCCCC1CSC(c2cc(C)cs2)S1. The van der Waals surface area contributed by atoms with E-state index < -0.39 is 0 Å². The van der Waals surface area contributed by atoms with E-state index in [0.717, 1.165) is 16.1 Å². The lowest BCUT2D eigenvalue weighted by Gasteiger charge is -2.09. The molecule has 1 fully saturated rings. The van der Waals surface area contributed by atoms with Gasteiger partial charge in [0.05, 0.1) is 4.58 Å². The molecular weight excluding hydrogens is 369 g/mol. The van der Waals surface area contributed by atoms with Crippen LogP contribution in [0.5, 0.6) is 0 Å². The molecule has 2 atom stereocenters. The van der Waals surface area contributed by atoms with E-state index in [9.17, 15) is 4.79 Å². The van der Waals surface area contributed by atoms with Gasteiger partial charge in [0.1, 0.15) is 0 Å². The van der Waals surface area contributed by atoms with E-state index in [-0.39, 0.29) is 5.12 Å². The van der Waals surface area contributed by atoms with Gasteiger partial charge < -0.3 is 0 Å². The first-order chi connectivity index (χ1) is 10.6. The lowest BCUT2D eigenvalue weighted by Crippen LogP contribution is -2.01. The Kier molecular flexibility index (Phi) is 8.33. The number of rotatable bonds is 8. The Hall–Kier alpha value is 0.510. The molecule has 1 aliphatic heterocycles. The van der Waals surface area contributed by atoms with Crippen LogP contribution in [0.25, 0.3) is 0 Å². The molecule has 0 aliphatic carbocycles. The monoisotopic (exact) mass is 390 g/mol. The third-order valence-electron chi connectivity index (χ3n) is 3.17. The van der Waals surface area contributed by atoms with Gasteiger partial charge >= 0.3 is 0 Å². The Bertz CT molecular complexity index is 510. The summed E-state index contributed by atoms with van der Waals surface area (Å²) in [7, 11) is 0. The third kappa shape index (κ3) is 6.19. The second-order valence-corrected chi connectivity index (χ2v) is 11.5. The molecule has 1 aromatic rings. The van der Waals surface area contributed by atoms with Gasteiger partial charge in [0.2, 0.25) is 5.12 Å². The zero-order valence-corrected chi connectivity index (χ0v) is 17.1. The number of hydrogen-bond acceptors (Lipinski definition) is 6. The Labute approximate surface area is 154 Å². The summed E-state index contributed by atoms with van der Waals surface area (Å²) in [6, 6.07) is 2.34. The summed E-state index contributed by atoms with van der Waals surface area (Å²) in [5.41, 5.74) is 2.04. The van der Waals surface area contributed by atoms with E-state index in [4.69, 9.17) is 0 Å². The molecule has 6 heteroatoms. The van der Waals surface area contributed by atoms with Crippen LogP contribution in [0.2, 0.25) is 0 Å².